The number of aromatic nitrogens is 3. The molecule has 0 bridgehead atoms. The highest BCUT2D eigenvalue weighted by molar-refractivity contribution is 5.86. The van der Waals surface area contributed by atoms with Crippen LogP contribution in [0.15, 0.2) is 36.7 Å². The standard InChI is InChI=1S/C37H49N9O3/c1-22-32-28(11-29(38)27-7-5-6-8-31(27)47)33(39)42-30(32)9-10-46(22)34-40-14-26(15-41-34)44-18-23-16-43(17-24(23)19-44)25-12-37(13-25)20-45(21-37)35(48)49-36(2,3)4/h5-8,11,14-15,22-25,42,47H,9-10,12-13,16-21,38-39H2,1-4H3/b29-11-. The lowest BCUT2D eigenvalue weighted by Gasteiger charge is -2.60. The summed E-state index contributed by atoms with van der Waals surface area (Å²) < 4.78 is 5.56. The summed E-state index contributed by atoms with van der Waals surface area (Å²) in [7, 11) is 0. The predicted molar refractivity (Wildman–Crippen MR) is 191 cm³/mol. The highest BCUT2D eigenvalue weighted by Gasteiger charge is 2.57. The molecule has 2 aromatic heterocycles. The number of fused-ring (bicyclic) bond motifs is 2. The fraction of sp³-hybridized carbons (Fsp3) is 0.541. The van der Waals surface area contributed by atoms with Crippen molar-refractivity contribution in [2.24, 2.45) is 23.0 Å². The van der Waals surface area contributed by atoms with E-state index in [-0.39, 0.29) is 17.9 Å². The zero-order valence-corrected chi connectivity index (χ0v) is 29.0. The van der Waals surface area contributed by atoms with E-state index in [4.69, 9.17) is 26.2 Å². The monoisotopic (exact) mass is 667 g/mol. The molecule has 6 N–H and O–H groups in total. The van der Waals surface area contributed by atoms with Gasteiger partial charge in [0.25, 0.3) is 0 Å². The van der Waals surface area contributed by atoms with Gasteiger partial charge in [0.05, 0.1) is 24.1 Å². The molecule has 12 nitrogen and oxygen atoms in total. The number of phenolic OH excluding ortho intramolecular Hbond substituents is 1. The van der Waals surface area contributed by atoms with E-state index in [1.807, 2.05) is 50.2 Å². The molecule has 49 heavy (non-hydrogen) atoms. The molecular formula is C37H49N9O3. The number of amides is 1. The summed E-state index contributed by atoms with van der Waals surface area (Å²) in [5, 5.41) is 10.3. The van der Waals surface area contributed by atoms with Crippen LogP contribution in [0.25, 0.3) is 11.8 Å². The molecule has 8 rings (SSSR count). The lowest BCUT2D eigenvalue weighted by molar-refractivity contribution is -0.105. The van der Waals surface area contributed by atoms with Crippen molar-refractivity contribution >= 4 is 35.3 Å². The Balaban J connectivity index is 0.866. The zero-order chi connectivity index (χ0) is 34.2. The molecule has 5 aliphatic rings. The molecule has 1 amide bonds. The van der Waals surface area contributed by atoms with Crippen molar-refractivity contribution in [3.63, 3.8) is 0 Å². The van der Waals surface area contributed by atoms with Crippen molar-refractivity contribution in [3.8, 4) is 5.75 Å². The fourth-order valence-electron chi connectivity index (χ4n) is 9.08. The Kier molecular flexibility index (Phi) is 7.51. The molecule has 4 fully saturated rings. The minimum Gasteiger partial charge on any atom is -0.507 e. The third-order valence-corrected chi connectivity index (χ3v) is 11.5. The summed E-state index contributed by atoms with van der Waals surface area (Å²) in [6.45, 7) is 14.7. The van der Waals surface area contributed by atoms with Crippen molar-refractivity contribution in [1.29, 1.82) is 0 Å². The summed E-state index contributed by atoms with van der Waals surface area (Å²) in [6, 6.07) is 7.68. The Bertz CT molecular complexity index is 1750. The van der Waals surface area contributed by atoms with Gasteiger partial charge in [0.1, 0.15) is 17.2 Å². The second-order valence-corrected chi connectivity index (χ2v) is 16.1. The highest BCUT2D eigenvalue weighted by atomic mass is 16.6. The molecule has 12 heteroatoms. The number of nitrogen functional groups attached to an aromatic ring is 1. The van der Waals surface area contributed by atoms with Gasteiger partial charge in [0.15, 0.2) is 0 Å². The lowest BCUT2D eigenvalue weighted by Crippen LogP contribution is -2.67. The van der Waals surface area contributed by atoms with Crippen LogP contribution in [-0.4, -0.2) is 93.4 Å². The summed E-state index contributed by atoms with van der Waals surface area (Å²) >= 11 is 0. The van der Waals surface area contributed by atoms with E-state index in [1.54, 1.807) is 18.2 Å². The number of nitrogens with two attached hydrogens (primary N) is 2. The van der Waals surface area contributed by atoms with E-state index in [9.17, 15) is 9.90 Å². The summed E-state index contributed by atoms with van der Waals surface area (Å²) in [6.07, 6.45) is 8.81. The van der Waals surface area contributed by atoms with Crippen molar-refractivity contribution in [3.05, 3.63) is 59.0 Å². The first-order valence-electron chi connectivity index (χ1n) is 17.7. The summed E-state index contributed by atoms with van der Waals surface area (Å²) in [5.41, 5.74) is 17.9. The number of H-pyrrole nitrogens is 1. The third-order valence-electron chi connectivity index (χ3n) is 11.5. The van der Waals surface area contributed by atoms with Crippen LogP contribution in [0, 0.1) is 17.3 Å². The van der Waals surface area contributed by atoms with Gasteiger partial charge in [-0.2, -0.15) is 0 Å². The van der Waals surface area contributed by atoms with Gasteiger partial charge in [-0.05, 0) is 70.6 Å². The van der Waals surface area contributed by atoms with Crippen LogP contribution >= 0.6 is 0 Å². The van der Waals surface area contributed by atoms with E-state index in [0.29, 0.717) is 46.3 Å². The van der Waals surface area contributed by atoms with E-state index in [1.165, 1.54) is 12.8 Å². The maximum atomic E-state index is 12.4. The molecule has 260 valence electrons. The van der Waals surface area contributed by atoms with Crippen molar-refractivity contribution in [2.45, 2.75) is 64.6 Å². The average Bonchev–Trinajstić information content (AvgIpc) is 3.67. The minimum atomic E-state index is -0.444. The number of hydrogen-bond donors (Lipinski definition) is 4. The number of carbonyl (C=O) groups excluding carboxylic acids is 1. The lowest BCUT2D eigenvalue weighted by atomic mass is 9.60. The van der Waals surface area contributed by atoms with Crippen LogP contribution in [0.1, 0.15) is 69.0 Å². The Morgan fingerprint density at radius 2 is 1.76 bits per heavy atom. The second kappa shape index (κ2) is 11.6. The summed E-state index contributed by atoms with van der Waals surface area (Å²) in [5.74, 6) is 2.72. The van der Waals surface area contributed by atoms with Crippen LogP contribution in [0.4, 0.5) is 22.2 Å². The Hall–Kier alpha value is -4.45. The molecule has 6 heterocycles. The van der Waals surface area contributed by atoms with Crippen molar-refractivity contribution in [1.82, 2.24) is 24.8 Å². The molecular weight excluding hydrogens is 618 g/mol. The van der Waals surface area contributed by atoms with Crippen molar-refractivity contribution in [2.75, 3.05) is 61.3 Å². The van der Waals surface area contributed by atoms with Gasteiger partial charge in [-0.15, -0.1) is 0 Å². The van der Waals surface area contributed by atoms with Gasteiger partial charge in [0, 0.05) is 91.8 Å². The number of anilines is 3. The van der Waals surface area contributed by atoms with Crippen LogP contribution in [-0.2, 0) is 11.2 Å². The number of hydrogen-bond acceptors (Lipinski definition) is 10. The predicted octanol–water partition coefficient (Wildman–Crippen LogP) is 4.44. The molecule has 1 saturated carbocycles. The number of benzene rings is 1. The maximum absolute atomic E-state index is 12.4. The van der Waals surface area contributed by atoms with Gasteiger partial charge in [-0.3, -0.25) is 4.90 Å². The molecule has 1 aromatic carbocycles. The van der Waals surface area contributed by atoms with Crippen LogP contribution in [0.5, 0.6) is 5.75 Å². The first-order valence-corrected chi connectivity index (χ1v) is 17.7. The molecule has 3 saturated heterocycles. The van der Waals surface area contributed by atoms with Gasteiger partial charge in [0.2, 0.25) is 5.95 Å². The number of para-hydroxylation sites is 1. The average molecular weight is 668 g/mol. The first-order chi connectivity index (χ1) is 23.4. The van der Waals surface area contributed by atoms with Crippen LogP contribution in [0.2, 0.25) is 0 Å². The third kappa shape index (κ3) is 5.73. The number of likely N-dealkylation sites (tertiary alicyclic amines) is 2. The normalized spacial score (nSPS) is 25.3. The Labute approximate surface area is 288 Å². The van der Waals surface area contributed by atoms with E-state index in [2.05, 4.69) is 26.6 Å². The van der Waals surface area contributed by atoms with Crippen LogP contribution < -0.4 is 21.3 Å². The van der Waals surface area contributed by atoms with Gasteiger partial charge in [-0.1, -0.05) is 12.1 Å². The SMILES string of the molecule is CC1c2c([nH]c(N)c2/C=C(\N)c2ccccc2O)CCN1c1ncc(N2CC3CN(C4CC5(C4)CN(C(=O)OC(C)(C)C)C5)CC3C2)cn1. The van der Waals surface area contributed by atoms with Crippen molar-refractivity contribution < 1.29 is 14.6 Å². The molecule has 3 unspecified atom stereocenters. The van der Waals surface area contributed by atoms with Gasteiger partial charge in [-0.25, -0.2) is 14.8 Å². The fourth-order valence-corrected chi connectivity index (χ4v) is 9.08. The van der Waals surface area contributed by atoms with Gasteiger partial charge >= 0.3 is 6.09 Å². The molecule has 3 atom stereocenters. The van der Waals surface area contributed by atoms with E-state index in [0.717, 1.165) is 74.7 Å². The quantitative estimate of drug-likeness (QED) is 0.307. The smallest absolute Gasteiger partial charge is 0.410 e. The number of rotatable bonds is 5. The number of nitrogens with zero attached hydrogens (tertiary/aromatic N) is 6. The number of nitrogens with one attached hydrogen (secondary N) is 1. The number of aromatic hydroxyl groups is 1. The van der Waals surface area contributed by atoms with E-state index >= 15 is 0 Å². The number of phenols is 1. The largest absolute Gasteiger partial charge is 0.507 e. The molecule has 4 aliphatic heterocycles. The molecule has 3 aromatic rings. The zero-order valence-electron chi connectivity index (χ0n) is 29.0. The van der Waals surface area contributed by atoms with Gasteiger partial charge < -0.3 is 41.0 Å². The summed E-state index contributed by atoms with van der Waals surface area (Å²) in [4.78, 5) is 34.8. The Morgan fingerprint density at radius 1 is 1.08 bits per heavy atom. The number of aromatic amines is 1. The topological polar surface area (TPSA) is 153 Å². The maximum Gasteiger partial charge on any atom is 0.410 e. The molecule has 0 radical (unpaired) electrons. The first kappa shape index (κ1) is 31.8. The molecule has 1 aliphatic carbocycles. The number of carbonyl (C=O) groups is 1. The number of ether oxygens (including phenoxy) is 1. The minimum absolute atomic E-state index is 0.0188. The Morgan fingerprint density at radius 3 is 2.41 bits per heavy atom. The molecule has 1 spiro atoms. The van der Waals surface area contributed by atoms with E-state index < -0.39 is 5.60 Å². The highest BCUT2D eigenvalue weighted by Crippen LogP contribution is 2.52. The second-order valence-electron chi connectivity index (χ2n) is 16.1. The van der Waals surface area contributed by atoms with Crippen LogP contribution in [0.3, 0.4) is 0 Å².